The van der Waals surface area contributed by atoms with Crippen molar-refractivity contribution >= 4 is 28.3 Å². The van der Waals surface area contributed by atoms with Gasteiger partial charge in [0, 0.05) is 17.0 Å². The van der Waals surface area contributed by atoms with E-state index in [0.29, 0.717) is 10.8 Å². The second kappa shape index (κ2) is 3.98. The number of rotatable bonds is 1. The van der Waals surface area contributed by atoms with Crippen molar-refractivity contribution in [2.24, 2.45) is 0 Å². The topological polar surface area (TPSA) is 59.4 Å². The average molecular weight is 238 g/mol. The highest BCUT2D eigenvalue weighted by Crippen LogP contribution is 2.30. The second-order valence-electron chi connectivity index (χ2n) is 3.18. The standard InChI is InChI=1S/C11H8ClNO3/c1-16-11(15)7-3-2-6-5-13-9(12)4-8(6)10(7)14/h2-5,14H,1H3. The van der Waals surface area contributed by atoms with Crippen molar-refractivity contribution in [1.29, 1.82) is 0 Å². The van der Waals surface area contributed by atoms with Crippen molar-refractivity contribution < 1.29 is 14.6 Å². The third-order valence-corrected chi connectivity index (χ3v) is 2.45. The number of fused-ring (bicyclic) bond motifs is 1. The summed E-state index contributed by atoms with van der Waals surface area (Å²) in [6.07, 6.45) is 1.53. The third-order valence-electron chi connectivity index (χ3n) is 2.25. The summed E-state index contributed by atoms with van der Waals surface area (Å²) in [6.45, 7) is 0. The first-order valence-electron chi connectivity index (χ1n) is 4.49. The lowest BCUT2D eigenvalue weighted by Crippen LogP contribution is -2.01. The number of phenolic OH excluding ortho intramolecular Hbond substituents is 1. The van der Waals surface area contributed by atoms with E-state index in [4.69, 9.17) is 11.6 Å². The molecule has 5 heteroatoms. The summed E-state index contributed by atoms with van der Waals surface area (Å²) < 4.78 is 4.55. The highest BCUT2D eigenvalue weighted by atomic mass is 35.5. The summed E-state index contributed by atoms with van der Waals surface area (Å²) in [6, 6.07) is 4.66. The number of hydrogen-bond donors (Lipinski definition) is 1. The number of carbonyl (C=O) groups is 1. The van der Waals surface area contributed by atoms with Gasteiger partial charge in [-0.05, 0) is 12.1 Å². The molecule has 0 saturated carbocycles. The molecule has 0 aliphatic heterocycles. The minimum absolute atomic E-state index is 0.109. The predicted octanol–water partition coefficient (Wildman–Crippen LogP) is 2.38. The lowest BCUT2D eigenvalue weighted by atomic mass is 10.1. The van der Waals surface area contributed by atoms with E-state index in [0.717, 1.165) is 0 Å². The van der Waals surface area contributed by atoms with Crippen LogP contribution in [0, 0.1) is 0 Å². The molecule has 82 valence electrons. The molecule has 0 atom stereocenters. The number of esters is 1. The molecule has 0 unspecified atom stereocenters. The molecule has 1 N–H and O–H groups in total. The van der Waals surface area contributed by atoms with Crippen LogP contribution in [-0.4, -0.2) is 23.2 Å². The lowest BCUT2D eigenvalue weighted by molar-refractivity contribution is 0.0598. The van der Waals surface area contributed by atoms with Gasteiger partial charge in [-0.25, -0.2) is 9.78 Å². The SMILES string of the molecule is COC(=O)c1ccc2cnc(Cl)cc2c1O. The molecular weight excluding hydrogens is 230 g/mol. The van der Waals surface area contributed by atoms with Crippen molar-refractivity contribution in [1.82, 2.24) is 4.98 Å². The Balaban J connectivity index is 2.72. The summed E-state index contributed by atoms with van der Waals surface area (Å²) in [5.41, 5.74) is 0.109. The molecule has 16 heavy (non-hydrogen) atoms. The van der Waals surface area contributed by atoms with Crippen molar-refractivity contribution in [3.8, 4) is 5.75 Å². The van der Waals surface area contributed by atoms with Crippen molar-refractivity contribution in [2.75, 3.05) is 7.11 Å². The van der Waals surface area contributed by atoms with E-state index in [1.165, 1.54) is 25.4 Å². The minimum atomic E-state index is -0.590. The Kier molecular flexibility index (Phi) is 2.66. The molecule has 0 aliphatic carbocycles. The Morgan fingerprint density at radius 3 is 2.94 bits per heavy atom. The Bertz CT molecular complexity index is 568. The predicted molar refractivity (Wildman–Crippen MR) is 59.8 cm³/mol. The van der Waals surface area contributed by atoms with Gasteiger partial charge in [-0.15, -0.1) is 0 Å². The number of ether oxygens (including phenoxy) is 1. The number of pyridine rings is 1. The molecule has 0 aliphatic rings. The van der Waals surface area contributed by atoms with E-state index in [9.17, 15) is 9.90 Å². The first-order chi connectivity index (χ1) is 7.63. The van der Waals surface area contributed by atoms with Crippen LogP contribution in [0.3, 0.4) is 0 Å². The smallest absolute Gasteiger partial charge is 0.341 e. The lowest BCUT2D eigenvalue weighted by Gasteiger charge is -2.06. The van der Waals surface area contributed by atoms with Gasteiger partial charge in [0.15, 0.2) is 0 Å². The summed E-state index contributed by atoms with van der Waals surface area (Å²) in [5.74, 6) is -0.735. The molecule has 1 heterocycles. The highest BCUT2D eigenvalue weighted by Gasteiger charge is 2.14. The molecule has 0 bridgehead atoms. The van der Waals surface area contributed by atoms with Crippen LogP contribution in [-0.2, 0) is 4.74 Å². The van der Waals surface area contributed by atoms with Gasteiger partial charge in [-0.2, -0.15) is 0 Å². The number of benzene rings is 1. The fourth-order valence-electron chi connectivity index (χ4n) is 1.45. The van der Waals surface area contributed by atoms with Gasteiger partial charge in [0.1, 0.15) is 16.5 Å². The summed E-state index contributed by atoms with van der Waals surface area (Å²) in [5, 5.41) is 11.3. The molecule has 0 spiro atoms. The van der Waals surface area contributed by atoms with Crippen LogP contribution in [0.1, 0.15) is 10.4 Å². The van der Waals surface area contributed by atoms with Gasteiger partial charge in [0.25, 0.3) is 0 Å². The average Bonchev–Trinajstić information content (AvgIpc) is 2.29. The van der Waals surface area contributed by atoms with Gasteiger partial charge in [-0.3, -0.25) is 0 Å². The van der Waals surface area contributed by atoms with E-state index < -0.39 is 5.97 Å². The summed E-state index contributed by atoms with van der Waals surface area (Å²) >= 11 is 5.72. The number of phenols is 1. The molecule has 1 aromatic carbocycles. The van der Waals surface area contributed by atoms with Crippen molar-refractivity contribution in [2.45, 2.75) is 0 Å². The number of halogens is 1. The highest BCUT2D eigenvalue weighted by molar-refractivity contribution is 6.30. The molecular formula is C11H8ClNO3. The molecule has 0 amide bonds. The molecule has 0 radical (unpaired) electrons. The largest absolute Gasteiger partial charge is 0.506 e. The van der Waals surface area contributed by atoms with E-state index in [1.807, 2.05) is 0 Å². The summed E-state index contributed by atoms with van der Waals surface area (Å²) in [4.78, 5) is 15.2. The van der Waals surface area contributed by atoms with Crippen LogP contribution in [0.2, 0.25) is 5.15 Å². The fourth-order valence-corrected chi connectivity index (χ4v) is 1.61. The van der Waals surface area contributed by atoms with E-state index in [-0.39, 0.29) is 16.5 Å². The van der Waals surface area contributed by atoms with Crippen LogP contribution in [0.15, 0.2) is 24.4 Å². The monoisotopic (exact) mass is 237 g/mol. The zero-order valence-electron chi connectivity index (χ0n) is 8.40. The van der Waals surface area contributed by atoms with Crippen LogP contribution < -0.4 is 0 Å². The van der Waals surface area contributed by atoms with Gasteiger partial charge in [0.05, 0.1) is 7.11 Å². The number of aromatic hydroxyl groups is 1. The van der Waals surface area contributed by atoms with Crippen molar-refractivity contribution in [3.05, 3.63) is 35.1 Å². The second-order valence-corrected chi connectivity index (χ2v) is 3.57. The van der Waals surface area contributed by atoms with Crippen LogP contribution in [0.5, 0.6) is 5.75 Å². The van der Waals surface area contributed by atoms with Gasteiger partial charge in [0.2, 0.25) is 0 Å². The normalized spacial score (nSPS) is 10.4. The van der Waals surface area contributed by atoms with Crippen molar-refractivity contribution in [3.63, 3.8) is 0 Å². The fraction of sp³-hybridized carbons (Fsp3) is 0.0909. The van der Waals surface area contributed by atoms with Crippen LogP contribution in [0.25, 0.3) is 10.8 Å². The van der Waals surface area contributed by atoms with E-state index in [1.54, 1.807) is 6.07 Å². The number of aromatic nitrogens is 1. The first kappa shape index (κ1) is 10.7. The maximum absolute atomic E-state index is 11.3. The minimum Gasteiger partial charge on any atom is -0.506 e. The van der Waals surface area contributed by atoms with E-state index >= 15 is 0 Å². The zero-order chi connectivity index (χ0) is 11.7. The Morgan fingerprint density at radius 2 is 2.25 bits per heavy atom. The molecule has 0 saturated heterocycles. The Hall–Kier alpha value is -1.81. The van der Waals surface area contributed by atoms with Crippen LogP contribution in [0.4, 0.5) is 0 Å². The molecule has 2 rings (SSSR count). The number of hydrogen-bond acceptors (Lipinski definition) is 4. The summed E-state index contributed by atoms with van der Waals surface area (Å²) in [7, 11) is 1.26. The van der Waals surface area contributed by atoms with E-state index in [2.05, 4.69) is 9.72 Å². The van der Waals surface area contributed by atoms with Crippen LogP contribution >= 0.6 is 11.6 Å². The molecule has 4 nitrogen and oxygen atoms in total. The van der Waals surface area contributed by atoms with Gasteiger partial charge < -0.3 is 9.84 Å². The Labute approximate surface area is 96.4 Å². The third kappa shape index (κ3) is 1.67. The van der Waals surface area contributed by atoms with Gasteiger partial charge in [-0.1, -0.05) is 17.7 Å². The number of carbonyl (C=O) groups excluding carboxylic acids is 1. The maximum atomic E-state index is 11.3. The first-order valence-corrected chi connectivity index (χ1v) is 4.87. The molecule has 1 aromatic heterocycles. The number of methoxy groups -OCH3 is 1. The zero-order valence-corrected chi connectivity index (χ0v) is 9.15. The molecule has 0 fully saturated rings. The molecule has 2 aromatic rings. The maximum Gasteiger partial charge on any atom is 0.341 e. The Morgan fingerprint density at radius 1 is 1.50 bits per heavy atom. The quantitative estimate of drug-likeness (QED) is 0.611. The van der Waals surface area contributed by atoms with Gasteiger partial charge >= 0.3 is 5.97 Å². The number of nitrogens with zero attached hydrogens (tertiary/aromatic N) is 1.